The molecule has 1 atom stereocenters. The summed E-state index contributed by atoms with van der Waals surface area (Å²) in [4.78, 5) is 28.3. The van der Waals surface area contributed by atoms with E-state index in [9.17, 15) is 9.59 Å². The molecule has 1 aromatic rings. The largest absolute Gasteiger partial charge is 0.379 e. The molecule has 29 heavy (non-hydrogen) atoms. The summed E-state index contributed by atoms with van der Waals surface area (Å²) in [5.41, 5.74) is 1.29. The van der Waals surface area contributed by atoms with Crippen molar-refractivity contribution in [2.45, 2.75) is 25.8 Å². The summed E-state index contributed by atoms with van der Waals surface area (Å²) in [5, 5.41) is 9.13. The third-order valence-corrected chi connectivity index (χ3v) is 6.05. The average molecular weight is 424 g/mol. The van der Waals surface area contributed by atoms with Gasteiger partial charge in [-0.05, 0) is 31.5 Å². The molecule has 3 amide bonds. The van der Waals surface area contributed by atoms with Gasteiger partial charge in [0.15, 0.2) is 0 Å². The van der Waals surface area contributed by atoms with E-state index in [0.29, 0.717) is 30.3 Å². The number of benzene rings is 1. The monoisotopic (exact) mass is 423 g/mol. The van der Waals surface area contributed by atoms with Gasteiger partial charge in [-0.2, -0.15) is 0 Å². The van der Waals surface area contributed by atoms with E-state index in [2.05, 4.69) is 34.7 Å². The van der Waals surface area contributed by atoms with Crippen LogP contribution in [0.2, 0.25) is 5.02 Å². The molecule has 9 heteroatoms. The second kappa shape index (κ2) is 9.65. The summed E-state index contributed by atoms with van der Waals surface area (Å²) in [6.07, 6.45) is 0.928. The second-order valence-electron chi connectivity index (χ2n) is 7.70. The topological polar surface area (TPSA) is 85.9 Å². The van der Waals surface area contributed by atoms with Crippen LogP contribution >= 0.6 is 11.6 Å². The summed E-state index contributed by atoms with van der Waals surface area (Å²) in [6, 6.07) is 5.08. The van der Waals surface area contributed by atoms with E-state index >= 15 is 0 Å². The number of anilines is 2. The summed E-state index contributed by atoms with van der Waals surface area (Å²) in [5.74, 6) is -0.0202. The van der Waals surface area contributed by atoms with Gasteiger partial charge in [-0.15, -0.1) is 0 Å². The molecule has 0 unspecified atom stereocenters. The highest BCUT2D eigenvalue weighted by Crippen LogP contribution is 2.29. The minimum absolute atomic E-state index is 0.0202. The van der Waals surface area contributed by atoms with Crippen molar-refractivity contribution in [1.29, 1.82) is 0 Å². The first-order valence-electron chi connectivity index (χ1n) is 10.1. The Balaban J connectivity index is 1.56. The zero-order valence-corrected chi connectivity index (χ0v) is 17.8. The van der Waals surface area contributed by atoms with Crippen LogP contribution in [-0.4, -0.2) is 74.9 Å². The lowest BCUT2D eigenvalue weighted by molar-refractivity contribution is -0.120. The van der Waals surface area contributed by atoms with Crippen molar-refractivity contribution in [2.75, 3.05) is 62.7 Å². The number of urea groups is 1. The van der Waals surface area contributed by atoms with E-state index in [1.165, 1.54) is 0 Å². The van der Waals surface area contributed by atoms with E-state index in [1.54, 1.807) is 12.1 Å². The first kappa shape index (κ1) is 21.7. The van der Waals surface area contributed by atoms with Crippen LogP contribution in [0.25, 0.3) is 0 Å². The van der Waals surface area contributed by atoms with Gasteiger partial charge in [-0.1, -0.05) is 18.5 Å². The van der Waals surface area contributed by atoms with Crippen LogP contribution in [0.4, 0.5) is 16.2 Å². The fourth-order valence-corrected chi connectivity index (χ4v) is 3.99. The minimum atomic E-state index is -0.265. The number of hydrogen-bond acceptors (Lipinski definition) is 5. The zero-order chi connectivity index (χ0) is 20.9. The molecule has 0 saturated carbocycles. The van der Waals surface area contributed by atoms with Crippen molar-refractivity contribution in [1.82, 2.24) is 15.5 Å². The maximum atomic E-state index is 12.4. The number of halogens is 1. The first-order chi connectivity index (χ1) is 13.9. The van der Waals surface area contributed by atoms with E-state index in [1.807, 2.05) is 11.0 Å². The van der Waals surface area contributed by atoms with Crippen LogP contribution < -0.4 is 20.9 Å². The Morgan fingerprint density at radius 2 is 2.07 bits per heavy atom. The number of carbonyl (C=O) groups excluding carboxylic acids is 2. The molecule has 0 spiro atoms. The Labute approximate surface area is 176 Å². The summed E-state index contributed by atoms with van der Waals surface area (Å²) < 4.78 is 5.44. The zero-order valence-electron chi connectivity index (χ0n) is 17.1. The molecule has 2 saturated heterocycles. The standard InChI is InChI=1S/C20H30ClN5O3/c1-3-20(2,26-8-10-29-11-9-26)14-23-19(28)24-15-4-5-17(16(21)12-15)25-7-6-22-18(27)13-25/h4-5,12H,3,6-11,13-14H2,1-2H3,(H,22,27)(H2,23,24,28)/t20-/m0/s1. The van der Waals surface area contributed by atoms with Gasteiger partial charge in [-0.3, -0.25) is 9.69 Å². The van der Waals surface area contributed by atoms with Crippen LogP contribution in [0.15, 0.2) is 18.2 Å². The third-order valence-electron chi connectivity index (χ3n) is 5.75. The highest BCUT2D eigenvalue weighted by Gasteiger charge is 2.31. The Morgan fingerprint density at radius 3 is 2.72 bits per heavy atom. The van der Waals surface area contributed by atoms with Crippen LogP contribution in [0, 0.1) is 0 Å². The summed E-state index contributed by atoms with van der Waals surface area (Å²) in [6.45, 7) is 9.63. The van der Waals surface area contributed by atoms with Crippen LogP contribution in [0.3, 0.4) is 0 Å². The van der Waals surface area contributed by atoms with Crippen molar-refractivity contribution < 1.29 is 14.3 Å². The summed E-state index contributed by atoms with van der Waals surface area (Å²) in [7, 11) is 0. The smallest absolute Gasteiger partial charge is 0.319 e. The van der Waals surface area contributed by atoms with Gasteiger partial charge in [0.2, 0.25) is 5.91 Å². The average Bonchev–Trinajstić information content (AvgIpc) is 2.73. The molecule has 1 aromatic carbocycles. The lowest BCUT2D eigenvalue weighted by Gasteiger charge is -2.43. The van der Waals surface area contributed by atoms with Crippen molar-refractivity contribution in [3.8, 4) is 0 Å². The number of amides is 3. The summed E-state index contributed by atoms with van der Waals surface area (Å²) >= 11 is 6.40. The van der Waals surface area contributed by atoms with Crippen molar-refractivity contribution in [3.63, 3.8) is 0 Å². The van der Waals surface area contributed by atoms with Gasteiger partial charge in [0.05, 0.1) is 30.5 Å². The number of morpholine rings is 1. The molecule has 2 aliphatic rings. The highest BCUT2D eigenvalue weighted by atomic mass is 35.5. The number of nitrogens with one attached hydrogen (secondary N) is 3. The maximum absolute atomic E-state index is 12.4. The molecule has 3 N–H and O–H groups in total. The molecule has 0 radical (unpaired) electrons. The molecule has 0 bridgehead atoms. The van der Waals surface area contributed by atoms with E-state index in [-0.39, 0.29) is 24.0 Å². The Bertz CT molecular complexity index is 741. The lowest BCUT2D eigenvalue weighted by Crippen LogP contribution is -2.57. The number of hydrogen-bond donors (Lipinski definition) is 3. The van der Waals surface area contributed by atoms with E-state index in [4.69, 9.17) is 16.3 Å². The Kier molecular flexibility index (Phi) is 7.21. The normalized spacial score (nSPS) is 20.0. The SMILES string of the molecule is CC[C@@](C)(CNC(=O)Nc1ccc(N2CCNC(=O)C2)c(Cl)c1)N1CCOCC1. The number of rotatable bonds is 6. The van der Waals surface area contributed by atoms with Crippen molar-refractivity contribution >= 4 is 34.9 Å². The molecule has 3 rings (SSSR count). The van der Waals surface area contributed by atoms with Crippen LogP contribution in [0.5, 0.6) is 0 Å². The number of piperazine rings is 1. The molecule has 0 aromatic heterocycles. The molecule has 2 fully saturated rings. The molecular weight excluding hydrogens is 394 g/mol. The highest BCUT2D eigenvalue weighted by molar-refractivity contribution is 6.33. The van der Waals surface area contributed by atoms with Crippen molar-refractivity contribution in [3.05, 3.63) is 23.2 Å². The van der Waals surface area contributed by atoms with Gasteiger partial charge in [0.1, 0.15) is 0 Å². The molecule has 0 aliphatic carbocycles. The van der Waals surface area contributed by atoms with Gasteiger partial charge in [-0.25, -0.2) is 4.79 Å². The van der Waals surface area contributed by atoms with E-state index in [0.717, 1.165) is 38.4 Å². The lowest BCUT2D eigenvalue weighted by atomic mass is 9.95. The predicted molar refractivity (Wildman–Crippen MR) is 115 cm³/mol. The first-order valence-corrected chi connectivity index (χ1v) is 10.5. The second-order valence-corrected chi connectivity index (χ2v) is 8.10. The number of ether oxygens (including phenoxy) is 1. The van der Waals surface area contributed by atoms with Crippen molar-refractivity contribution in [2.24, 2.45) is 0 Å². The van der Waals surface area contributed by atoms with Crippen LogP contribution in [-0.2, 0) is 9.53 Å². The van der Waals surface area contributed by atoms with Gasteiger partial charge in [0.25, 0.3) is 0 Å². The van der Waals surface area contributed by atoms with E-state index < -0.39 is 0 Å². The molecule has 160 valence electrons. The Morgan fingerprint density at radius 1 is 1.31 bits per heavy atom. The number of nitrogens with zero attached hydrogens (tertiary/aromatic N) is 2. The third kappa shape index (κ3) is 5.52. The van der Waals surface area contributed by atoms with Gasteiger partial charge < -0.3 is 25.6 Å². The van der Waals surface area contributed by atoms with Crippen LogP contribution in [0.1, 0.15) is 20.3 Å². The quantitative estimate of drug-likeness (QED) is 0.650. The predicted octanol–water partition coefficient (Wildman–Crippen LogP) is 1.90. The van der Waals surface area contributed by atoms with Gasteiger partial charge >= 0.3 is 6.03 Å². The number of carbonyl (C=O) groups is 2. The fraction of sp³-hybridized carbons (Fsp3) is 0.600. The minimum Gasteiger partial charge on any atom is -0.379 e. The Hall–Kier alpha value is -2.03. The molecule has 2 heterocycles. The van der Waals surface area contributed by atoms with Gasteiger partial charge in [0, 0.05) is 44.0 Å². The molecular formula is C20H30ClN5O3. The fourth-order valence-electron chi connectivity index (χ4n) is 3.69. The maximum Gasteiger partial charge on any atom is 0.319 e. The molecule has 2 aliphatic heterocycles. The molecule has 8 nitrogen and oxygen atoms in total.